The van der Waals surface area contributed by atoms with Crippen LogP contribution in [-0.4, -0.2) is 18.8 Å². The van der Waals surface area contributed by atoms with Crippen molar-refractivity contribution in [3.8, 4) is 0 Å². The number of benzene rings is 1. The molecule has 0 fully saturated rings. The highest BCUT2D eigenvalue weighted by atomic mass is 32.2. The lowest BCUT2D eigenvalue weighted by molar-refractivity contribution is 0.0599. The van der Waals surface area contributed by atoms with Gasteiger partial charge in [-0.1, -0.05) is 13.0 Å². The van der Waals surface area contributed by atoms with Gasteiger partial charge in [0.25, 0.3) is 0 Å². The second kappa shape index (κ2) is 4.50. The summed E-state index contributed by atoms with van der Waals surface area (Å²) in [5.41, 5.74) is 3.09. The Morgan fingerprint density at radius 3 is 2.94 bits per heavy atom. The second-order valence-electron chi connectivity index (χ2n) is 4.23. The molecular formula is C13H16O2S. The summed E-state index contributed by atoms with van der Waals surface area (Å²) in [5.74, 6) is 1.50. The second-order valence-corrected chi connectivity index (χ2v) is 5.37. The molecule has 0 spiro atoms. The number of carbonyl (C=O) groups excluding carboxylic acids is 1. The lowest BCUT2D eigenvalue weighted by Gasteiger charge is -2.23. The summed E-state index contributed by atoms with van der Waals surface area (Å²) in [5, 5.41) is 0. The Labute approximate surface area is 100 Å². The summed E-state index contributed by atoms with van der Waals surface area (Å²) in [6, 6.07) is 4.12. The SMILES string of the molecule is COC(=O)c1cc2c(cc1C)C(C)CCS2. The van der Waals surface area contributed by atoms with Gasteiger partial charge in [0.2, 0.25) is 0 Å². The third kappa shape index (κ3) is 1.96. The van der Waals surface area contributed by atoms with Crippen molar-refractivity contribution in [1.82, 2.24) is 0 Å². The molecule has 0 radical (unpaired) electrons. The topological polar surface area (TPSA) is 26.3 Å². The molecule has 1 heterocycles. The van der Waals surface area contributed by atoms with E-state index >= 15 is 0 Å². The first-order chi connectivity index (χ1) is 7.63. The van der Waals surface area contributed by atoms with Crippen LogP contribution in [0.5, 0.6) is 0 Å². The number of esters is 1. The van der Waals surface area contributed by atoms with Crippen molar-refractivity contribution in [3.63, 3.8) is 0 Å². The predicted octanol–water partition coefficient (Wildman–Crippen LogP) is 3.38. The largest absolute Gasteiger partial charge is 0.465 e. The molecule has 86 valence electrons. The Kier molecular flexibility index (Phi) is 3.24. The highest BCUT2D eigenvalue weighted by Gasteiger charge is 2.20. The van der Waals surface area contributed by atoms with Crippen molar-refractivity contribution in [2.75, 3.05) is 12.9 Å². The molecule has 1 aromatic rings. The molecule has 0 aromatic heterocycles. The number of hydrogen-bond acceptors (Lipinski definition) is 3. The third-order valence-electron chi connectivity index (χ3n) is 3.10. The molecule has 0 saturated heterocycles. The van der Waals surface area contributed by atoms with Crippen molar-refractivity contribution in [2.24, 2.45) is 0 Å². The van der Waals surface area contributed by atoms with E-state index in [-0.39, 0.29) is 5.97 Å². The monoisotopic (exact) mass is 236 g/mol. The number of fused-ring (bicyclic) bond motifs is 1. The van der Waals surface area contributed by atoms with Crippen LogP contribution >= 0.6 is 11.8 Å². The first kappa shape index (κ1) is 11.5. The molecule has 1 aromatic carbocycles. The van der Waals surface area contributed by atoms with Crippen LogP contribution in [0.4, 0.5) is 0 Å². The molecule has 1 unspecified atom stereocenters. The van der Waals surface area contributed by atoms with Gasteiger partial charge in [-0.2, -0.15) is 0 Å². The molecule has 2 nitrogen and oxygen atoms in total. The average Bonchev–Trinajstić information content (AvgIpc) is 2.29. The van der Waals surface area contributed by atoms with Gasteiger partial charge in [0.1, 0.15) is 0 Å². The number of ether oxygens (including phenoxy) is 1. The molecule has 1 aliphatic rings. The first-order valence-corrected chi connectivity index (χ1v) is 6.47. The number of carbonyl (C=O) groups is 1. The zero-order valence-electron chi connectivity index (χ0n) is 9.87. The average molecular weight is 236 g/mol. The molecule has 16 heavy (non-hydrogen) atoms. The number of methoxy groups -OCH3 is 1. The van der Waals surface area contributed by atoms with Gasteiger partial charge in [0, 0.05) is 4.90 Å². The van der Waals surface area contributed by atoms with Gasteiger partial charge in [-0.25, -0.2) is 4.79 Å². The van der Waals surface area contributed by atoms with Crippen LogP contribution in [0.25, 0.3) is 0 Å². The first-order valence-electron chi connectivity index (χ1n) is 5.49. The maximum Gasteiger partial charge on any atom is 0.338 e. The van der Waals surface area contributed by atoms with E-state index in [1.807, 2.05) is 24.8 Å². The van der Waals surface area contributed by atoms with Crippen molar-refractivity contribution >= 4 is 17.7 Å². The summed E-state index contributed by atoms with van der Waals surface area (Å²) in [6.07, 6.45) is 1.22. The number of aryl methyl sites for hydroxylation is 1. The fraction of sp³-hybridized carbons (Fsp3) is 0.462. The highest BCUT2D eigenvalue weighted by Crippen LogP contribution is 2.38. The Hall–Kier alpha value is -0.960. The van der Waals surface area contributed by atoms with E-state index in [1.165, 1.54) is 24.0 Å². The predicted molar refractivity (Wildman–Crippen MR) is 66.3 cm³/mol. The molecule has 1 atom stereocenters. The molecule has 0 bridgehead atoms. The van der Waals surface area contributed by atoms with Crippen LogP contribution in [0.15, 0.2) is 17.0 Å². The number of hydrogen-bond donors (Lipinski definition) is 0. The third-order valence-corrected chi connectivity index (χ3v) is 4.21. The smallest absolute Gasteiger partial charge is 0.338 e. The van der Waals surface area contributed by atoms with Crippen molar-refractivity contribution in [3.05, 3.63) is 28.8 Å². The number of rotatable bonds is 1. The molecule has 3 heteroatoms. The summed E-state index contributed by atoms with van der Waals surface area (Å²) in [7, 11) is 1.43. The van der Waals surface area contributed by atoms with Crippen LogP contribution in [-0.2, 0) is 4.74 Å². The van der Waals surface area contributed by atoms with Gasteiger partial charge >= 0.3 is 5.97 Å². The maximum atomic E-state index is 11.6. The van der Waals surface area contributed by atoms with E-state index in [0.717, 1.165) is 11.3 Å². The fourth-order valence-electron chi connectivity index (χ4n) is 2.05. The van der Waals surface area contributed by atoms with E-state index in [2.05, 4.69) is 13.0 Å². The Balaban J connectivity index is 2.48. The van der Waals surface area contributed by atoms with E-state index in [1.54, 1.807) is 0 Å². The minimum atomic E-state index is -0.237. The van der Waals surface area contributed by atoms with Crippen LogP contribution < -0.4 is 0 Å². The van der Waals surface area contributed by atoms with Gasteiger partial charge in [-0.05, 0) is 42.2 Å². The summed E-state index contributed by atoms with van der Waals surface area (Å²) in [6.45, 7) is 4.22. The van der Waals surface area contributed by atoms with E-state index in [9.17, 15) is 4.79 Å². The lowest BCUT2D eigenvalue weighted by Crippen LogP contribution is -2.09. The molecular weight excluding hydrogens is 220 g/mol. The van der Waals surface area contributed by atoms with Crippen molar-refractivity contribution < 1.29 is 9.53 Å². The minimum Gasteiger partial charge on any atom is -0.465 e. The van der Waals surface area contributed by atoms with Crippen LogP contribution in [0.3, 0.4) is 0 Å². The zero-order chi connectivity index (χ0) is 11.7. The van der Waals surface area contributed by atoms with Gasteiger partial charge in [-0.15, -0.1) is 11.8 Å². The molecule has 0 saturated carbocycles. The Morgan fingerprint density at radius 1 is 1.50 bits per heavy atom. The summed E-state index contributed by atoms with van der Waals surface area (Å²) in [4.78, 5) is 12.8. The molecule has 0 aliphatic carbocycles. The molecule has 1 aliphatic heterocycles. The van der Waals surface area contributed by atoms with Gasteiger partial charge in [0.15, 0.2) is 0 Å². The lowest BCUT2D eigenvalue weighted by atomic mass is 9.94. The van der Waals surface area contributed by atoms with Gasteiger partial charge in [0.05, 0.1) is 12.7 Å². The Bertz CT molecular complexity index is 426. The van der Waals surface area contributed by atoms with E-state index < -0.39 is 0 Å². The van der Waals surface area contributed by atoms with Crippen LogP contribution in [0, 0.1) is 6.92 Å². The minimum absolute atomic E-state index is 0.237. The van der Waals surface area contributed by atoms with Gasteiger partial charge in [-0.3, -0.25) is 0 Å². The van der Waals surface area contributed by atoms with Crippen molar-refractivity contribution in [2.45, 2.75) is 31.1 Å². The summed E-state index contributed by atoms with van der Waals surface area (Å²) >= 11 is 1.84. The van der Waals surface area contributed by atoms with Crippen LogP contribution in [0.2, 0.25) is 0 Å². The van der Waals surface area contributed by atoms with Crippen molar-refractivity contribution in [1.29, 1.82) is 0 Å². The quantitative estimate of drug-likeness (QED) is 0.699. The molecule has 0 amide bonds. The molecule has 2 rings (SSSR count). The fourth-order valence-corrected chi connectivity index (χ4v) is 3.37. The highest BCUT2D eigenvalue weighted by molar-refractivity contribution is 7.99. The van der Waals surface area contributed by atoms with E-state index in [4.69, 9.17) is 4.74 Å². The maximum absolute atomic E-state index is 11.6. The summed E-state index contributed by atoms with van der Waals surface area (Å²) < 4.78 is 4.79. The normalized spacial score (nSPS) is 19.1. The standard InChI is InChI=1S/C13H16O2S/c1-8-4-5-16-12-7-11(13(14)15-3)9(2)6-10(8)12/h6-8H,4-5H2,1-3H3. The van der Waals surface area contributed by atoms with Gasteiger partial charge < -0.3 is 4.74 Å². The molecule has 0 N–H and O–H groups in total. The zero-order valence-corrected chi connectivity index (χ0v) is 10.7. The van der Waals surface area contributed by atoms with E-state index in [0.29, 0.717) is 11.5 Å². The van der Waals surface area contributed by atoms with Crippen LogP contribution in [0.1, 0.15) is 40.7 Å². The number of thioether (sulfide) groups is 1. The Morgan fingerprint density at radius 2 is 2.25 bits per heavy atom.